The quantitative estimate of drug-likeness (QED) is 0.779. The normalized spacial score (nSPS) is 30.8. The lowest BCUT2D eigenvalue weighted by Gasteiger charge is -2.08. The lowest BCUT2D eigenvalue weighted by atomic mass is 9.92. The van der Waals surface area contributed by atoms with E-state index < -0.39 is 16.7 Å². The van der Waals surface area contributed by atoms with E-state index in [2.05, 4.69) is 17.1 Å². The molecule has 0 radical (unpaired) electrons. The first kappa shape index (κ1) is 13.4. The van der Waals surface area contributed by atoms with E-state index in [9.17, 15) is 10.5 Å². The minimum atomic E-state index is -1.37. The molecule has 22 heavy (non-hydrogen) atoms. The van der Waals surface area contributed by atoms with Crippen LogP contribution < -0.4 is 5.73 Å². The average molecular weight is 284 g/mol. The van der Waals surface area contributed by atoms with Gasteiger partial charge in [0.25, 0.3) is 0 Å². The van der Waals surface area contributed by atoms with Crippen LogP contribution in [0.2, 0.25) is 0 Å². The molecule has 1 aromatic rings. The maximum absolute atomic E-state index is 9.74. The van der Waals surface area contributed by atoms with Crippen LogP contribution in [0.5, 0.6) is 0 Å². The van der Waals surface area contributed by atoms with E-state index in [0.717, 1.165) is 5.56 Å². The number of hydrogen-bond acceptors (Lipinski definition) is 6. The second kappa shape index (κ2) is 4.19. The van der Waals surface area contributed by atoms with Gasteiger partial charge in [0, 0.05) is 5.92 Å². The highest BCUT2D eigenvalue weighted by atomic mass is 15.1. The third kappa shape index (κ3) is 1.18. The number of allylic oxidation sites excluding steroid dienone is 2. The second-order valence-electron chi connectivity index (χ2n) is 5.13. The second-order valence-corrected chi connectivity index (χ2v) is 5.13. The van der Waals surface area contributed by atoms with Crippen molar-refractivity contribution in [2.75, 3.05) is 0 Å². The highest BCUT2D eigenvalue weighted by molar-refractivity contribution is 6.02. The van der Waals surface area contributed by atoms with Crippen LogP contribution in [0.25, 0.3) is 0 Å². The lowest BCUT2D eigenvalue weighted by molar-refractivity contribution is 0.712. The number of fused-ring (bicyclic) bond motifs is 1. The molecule has 0 amide bonds. The largest absolute Gasteiger partial charge is 0.386 e. The molecule has 3 rings (SSSR count). The number of nitrogens with zero attached hydrogens (tertiary/aromatic N) is 5. The Bertz CT molecular complexity index is 883. The molecule has 6 nitrogen and oxygen atoms in total. The molecule has 0 aromatic heterocycles. The highest BCUT2D eigenvalue weighted by Gasteiger charge is 2.86. The molecule has 1 aromatic carbocycles. The summed E-state index contributed by atoms with van der Waals surface area (Å²) in [6, 6.07) is 16.7. The molecule has 6 heteroatoms. The molecule has 0 bridgehead atoms. The monoisotopic (exact) mass is 284 g/mol. The summed E-state index contributed by atoms with van der Waals surface area (Å²) in [5.41, 5.74) is 3.73. The van der Waals surface area contributed by atoms with E-state index in [0.29, 0.717) is 0 Å². The SMILES string of the molecule is N#CC(C#N)=C1N=C(N)C2(C#N)C(c3ccccc3)C12C#N. The van der Waals surface area contributed by atoms with Gasteiger partial charge in [0.05, 0.1) is 17.8 Å². The predicted molar refractivity (Wildman–Crippen MR) is 75.1 cm³/mol. The molecule has 3 atom stereocenters. The van der Waals surface area contributed by atoms with Crippen molar-refractivity contribution in [2.45, 2.75) is 5.92 Å². The van der Waals surface area contributed by atoms with Gasteiger partial charge in [-0.25, -0.2) is 4.99 Å². The van der Waals surface area contributed by atoms with Crippen LogP contribution >= 0.6 is 0 Å². The first-order valence-electron chi connectivity index (χ1n) is 6.41. The zero-order chi connectivity index (χ0) is 16.0. The van der Waals surface area contributed by atoms with Crippen molar-refractivity contribution in [3.63, 3.8) is 0 Å². The summed E-state index contributed by atoms with van der Waals surface area (Å²) in [5.74, 6) is -0.538. The zero-order valence-corrected chi connectivity index (χ0v) is 11.3. The summed E-state index contributed by atoms with van der Waals surface area (Å²) in [7, 11) is 0. The molecular weight excluding hydrogens is 276 g/mol. The molecule has 2 N–H and O–H groups in total. The topological polar surface area (TPSA) is 134 Å². The molecule has 1 saturated carbocycles. The van der Waals surface area contributed by atoms with Gasteiger partial charge >= 0.3 is 0 Å². The number of hydrogen-bond donors (Lipinski definition) is 1. The van der Waals surface area contributed by atoms with Crippen LogP contribution in [0.4, 0.5) is 0 Å². The van der Waals surface area contributed by atoms with Gasteiger partial charge in [-0.05, 0) is 5.56 Å². The molecule has 0 saturated heterocycles. The Hall–Kier alpha value is -3.61. The van der Waals surface area contributed by atoms with Crippen LogP contribution in [0.15, 0.2) is 46.6 Å². The van der Waals surface area contributed by atoms with Crippen molar-refractivity contribution in [1.82, 2.24) is 0 Å². The fraction of sp³-hybridized carbons (Fsp3) is 0.188. The summed E-state index contributed by atoms with van der Waals surface area (Å²) in [5, 5.41) is 37.6. The van der Waals surface area contributed by atoms with Gasteiger partial charge in [-0.1, -0.05) is 30.3 Å². The van der Waals surface area contributed by atoms with Crippen LogP contribution in [-0.4, -0.2) is 5.84 Å². The molecule has 0 spiro atoms. The van der Waals surface area contributed by atoms with Crippen LogP contribution in [0.3, 0.4) is 0 Å². The van der Waals surface area contributed by atoms with E-state index in [-0.39, 0.29) is 17.1 Å². The number of nitrogens with two attached hydrogens (primary N) is 1. The van der Waals surface area contributed by atoms with Crippen LogP contribution in [-0.2, 0) is 0 Å². The summed E-state index contributed by atoms with van der Waals surface area (Å²) in [6.07, 6.45) is 0. The number of aliphatic imine (C=N–C) groups is 1. The van der Waals surface area contributed by atoms with E-state index in [1.807, 2.05) is 6.07 Å². The maximum Gasteiger partial charge on any atom is 0.152 e. The maximum atomic E-state index is 9.74. The minimum absolute atomic E-state index is 0.00732. The van der Waals surface area contributed by atoms with Gasteiger partial charge in [0.2, 0.25) is 0 Å². The summed E-state index contributed by atoms with van der Waals surface area (Å²) >= 11 is 0. The predicted octanol–water partition coefficient (Wildman–Crippen LogP) is 1.48. The fourth-order valence-corrected chi connectivity index (χ4v) is 3.39. The molecule has 1 aliphatic carbocycles. The Balaban J connectivity index is 2.32. The Kier molecular flexibility index (Phi) is 2.55. The van der Waals surface area contributed by atoms with E-state index in [1.165, 1.54) is 0 Å². The Labute approximate surface area is 126 Å². The van der Waals surface area contributed by atoms with E-state index >= 15 is 0 Å². The molecule has 3 unspecified atom stereocenters. The van der Waals surface area contributed by atoms with Crippen LogP contribution in [0, 0.1) is 56.2 Å². The molecular formula is C16H8N6. The van der Waals surface area contributed by atoms with Gasteiger partial charge in [-0.15, -0.1) is 0 Å². The van der Waals surface area contributed by atoms with Gasteiger partial charge in [-0.2, -0.15) is 21.0 Å². The summed E-state index contributed by atoms with van der Waals surface area (Å²) in [4.78, 5) is 4.01. The minimum Gasteiger partial charge on any atom is -0.386 e. The first-order chi connectivity index (χ1) is 10.6. The van der Waals surface area contributed by atoms with Crippen molar-refractivity contribution in [3.05, 3.63) is 47.2 Å². The van der Waals surface area contributed by atoms with Gasteiger partial charge < -0.3 is 5.73 Å². The lowest BCUT2D eigenvalue weighted by Crippen LogP contribution is -2.25. The number of benzene rings is 1. The number of nitriles is 4. The van der Waals surface area contributed by atoms with Crippen molar-refractivity contribution in [3.8, 4) is 24.3 Å². The molecule has 1 heterocycles. The first-order valence-corrected chi connectivity index (χ1v) is 6.41. The fourth-order valence-electron chi connectivity index (χ4n) is 3.39. The van der Waals surface area contributed by atoms with Crippen molar-refractivity contribution in [1.29, 1.82) is 21.0 Å². The Morgan fingerprint density at radius 2 is 1.59 bits per heavy atom. The van der Waals surface area contributed by atoms with E-state index in [1.54, 1.807) is 36.4 Å². The van der Waals surface area contributed by atoms with E-state index in [4.69, 9.17) is 16.3 Å². The summed E-state index contributed by atoms with van der Waals surface area (Å²) < 4.78 is 0. The number of amidine groups is 1. The molecule has 1 fully saturated rings. The smallest absolute Gasteiger partial charge is 0.152 e. The molecule has 2 aliphatic rings. The van der Waals surface area contributed by atoms with Crippen molar-refractivity contribution >= 4 is 5.84 Å². The number of rotatable bonds is 1. The van der Waals surface area contributed by atoms with Gasteiger partial charge in [0.15, 0.2) is 5.57 Å². The summed E-state index contributed by atoms with van der Waals surface area (Å²) in [6.45, 7) is 0. The molecule has 102 valence electrons. The van der Waals surface area contributed by atoms with Crippen molar-refractivity contribution < 1.29 is 0 Å². The van der Waals surface area contributed by atoms with Crippen LogP contribution in [0.1, 0.15) is 11.5 Å². The molecule has 1 aliphatic heterocycles. The third-order valence-electron chi connectivity index (χ3n) is 4.36. The van der Waals surface area contributed by atoms with Crippen molar-refractivity contribution in [2.24, 2.45) is 21.6 Å². The van der Waals surface area contributed by atoms with Gasteiger partial charge in [-0.3, -0.25) is 0 Å². The standard InChI is InChI=1S/C16H8N6/c17-6-11(7-18)13-15(8-19)12(10-4-2-1-3-5-10)16(15,9-20)14(21)22-13/h1-5,12H,(H2,21,22). The zero-order valence-electron chi connectivity index (χ0n) is 11.3. The van der Waals surface area contributed by atoms with Gasteiger partial charge in [0.1, 0.15) is 28.8 Å². The third-order valence-corrected chi connectivity index (χ3v) is 4.36. The average Bonchev–Trinajstić information content (AvgIpc) is 3.11. The highest BCUT2D eigenvalue weighted by Crippen LogP contribution is 2.80. The Morgan fingerprint density at radius 1 is 1.00 bits per heavy atom. The Morgan fingerprint density at radius 3 is 2.09 bits per heavy atom.